The van der Waals surface area contributed by atoms with Gasteiger partial charge in [-0.25, -0.2) is 0 Å². The van der Waals surface area contributed by atoms with Gasteiger partial charge in [0, 0.05) is 29.2 Å². The lowest BCUT2D eigenvalue weighted by Gasteiger charge is -2.44. The van der Waals surface area contributed by atoms with Crippen LogP contribution in [0.1, 0.15) is 20.3 Å². The molecule has 3 unspecified atom stereocenters. The van der Waals surface area contributed by atoms with Gasteiger partial charge in [-0.1, -0.05) is 6.92 Å². The van der Waals surface area contributed by atoms with E-state index in [-0.39, 0.29) is 0 Å². The number of ether oxygens (including phenoxy) is 1. The van der Waals surface area contributed by atoms with Crippen molar-refractivity contribution in [2.24, 2.45) is 5.92 Å². The average molecular weight is 406 g/mol. The van der Waals surface area contributed by atoms with Crippen molar-refractivity contribution < 1.29 is 4.74 Å². The van der Waals surface area contributed by atoms with Crippen LogP contribution in [0.25, 0.3) is 0 Å². The Bertz CT molecular complexity index is 481. The van der Waals surface area contributed by atoms with Gasteiger partial charge in [0.05, 0.1) is 17.3 Å². The molecular formula is C15H22Br2N2O. The van der Waals surface area contributed by atoms with Crippen LogP contribution in [-0.4, -0.2) is 32.8 Å². The van der Waals surface area contributed by atoms with Crippen molar-refractivity contribution in [2.45, 2.75) is 32.4 Å². The van der Waals surface area contributed by atoms with Crippen LogP contribution in [0.4, 0.5) is 5.69 Å². The zero-order chi connectivity index (χ0) is 14.9. The first kappa shape index (κ1) is 16.1. The van der Waals surface area contributed by atoms with Crippen LogP contribution in [0, 0.1) is 5.92 Å². The van der Waals surface area contributed by atoms with E-state index in [2.05, 4.69) is 75.1 Å². The van der Waals surface area contributed by atoms with Crippen LogP contribution in [0.15, 0.2) is 21.1 Å². The number of anilines is 1. The van der Waals surface area contributed by atoms with Gasteiger partial charge >= 0.3 is 0 Å². The van der Waals surface area contributed by atoms with Crippen molar-refractivity contribution in [1.29, 1.82) is 0 Å². The fourth-order valence-corrected chi connectivity index (χ4v) is 4.39. The van der Waals surface area contributed by atoms with Crippen molar-refractivity contribution in [3.63, 3.8) is 0 Å². The fraction of sp³-hybridized carbons (Fsp3) is 0.600. The molecule has 3 nitrogen and oxygen atoms in total. The summed E-state index contributed by atoms with van der Waals surface area (Å²) in [5.41, 5.74) is 1.21. The lowest BCUT2D eigenvalue weighted by molar-refractivity contribution is 0.282. The Morgan fingerprint density at radius 2 is 1.95 bits per heavy atom. The van der Waals surface area contributed by atoms with Crippen molar-refractivity contribution in [3.8, 4) is 5.75 Å². The molecule has 1 saturated heterocycles. The highest BCUT2D eigenvalue weighted by atomic mass is 79.9. The zero-order valence-corrected chi connectivity index (χ0v) is 15.6. The van der Waals surface area contributed by atoms with Gasteiger partial charge in [-0.3, -0.25) is 0 Å². The van der Waals surface area contributed by atoms with E-state index < -0.39 is 0 Å². The highest BCUT2D eigenvalue weighted by Crippen LogP contribution is 2.39. The highest BCUT2D eigenvalue weighted by Gasteiger charge is 2.32. The summed E-state index contributed by atoms with van der Waals surface area (Å²) in [6, 6.07) is 5.26. The maximum absolute atomic E-state index is 5.43. The van der Waals surface area contributed by atoms with Gasteiger partial charge in [0.15, 0.2) is 0 Å². The number of hydrogen-bond donors (Lipinski definition) is 1. The van der Waals surface area contributed by atoms with Crippen LogP contribution in [0.2, 0.25) is 0 Å². The van der Waals surface area contributed by atoms with Gasteiger partial charge in [0.1, 0.15) is 5.75 Å². The molecule has 1 aromatic rings. The number of methoxy groups -OCH3 is 1. The van der Waals surface area contributed by atoms with Crippen molar-refractivity contribution >= 4 is 37.5 Å². The van der Waals surface area contributed by atoms with E-state index in [1.165, 1.54) is 5.69 Å². The average Bonchev–Trinajstić information content (AvgIpc) is 2.43. The molecule has 0 bridgehead atoms. The topological polar surface area (TPSA) is 24.5 Å². The summed E-state index contributed by atoms with van der Waals surface area (Å²) in [6.45, 7) is 5.68. The number of piperidine rings is 1. The quantitative estimate of drug-likeness (QED) is 0.820. The monoisotopic (exact) mass is 404 g/mol. The largest absolute Gasteiger partial charge is 0.495 e. The third-order valence-electron chi connectivity index (χ3n) is 4.47. The third kappa shape index (κ3) is 3.00. The second-order valence-corrected chi connectivity index (χ2v) is 7.12. The molecule has 1 N–H and O–H groups in total. The minimum absolute atomic E-state index is 0.489. The number of hydrogen-bond acceptors (Lipinski definition) is 3. The summed E-state index contributed by atoms with van der Waals surface area (Å²) in [5, 5.41) is 3.43. The summed E-state index contributed by atoms with van der Waals surface area (Å²) in [7, 11) is 3.76. The Balaban J connectivity index is 2.32. The molecule has 0 saturated carbocycles. The van der Waals surface area contributed by atoms with E-state index in [0.717, 1.165) is 27.7 Å². The van der Waals surface area contributed by atoms with E-state index in [4.69, 9.17) is 4.74 Å². The van der Waals surface area contributed by atoms with Gasteiger partial charge in [0.2, 0.25) is 0 Å². The predicted octanol–water partition coefficient (Wildman–Crippen LogP) is 4.04. The Kier molecular flexibility index (Phi) is 5.37. The van der Waals surface area contributed by atoms with Crippen LogP contribution < -0.4 is 15.0 Å². The second-order valence-electron chi connectivity index (χ2n) is 5.42. The summed E-state index contributed by atoms with van der Waals surface area (Å²) in [5.74, 6) is 1.48. The number of halogens is 2. The lowest BCUT2D eigenvalue weighted by atomic mass is 9.87. The second kappa shape index (κ2) is 6.67. The third-order valence-corrected chi connectivity index (χ3v) is 5.72. The first-order chi connectivity index (χ1) is 9.49. The molecule has 2 rings (SSSR count). The molecule has 0 aliphatic carbocycles. The van der Waals surface area contributed by atoms with E-state index in [0.29, 0.717) is 18.0 Å². The van der Waals surface area contributed by atoms with Crippen molar-refractivity contribution in [2.75, 3.05) is 25.6 Å². The standard InChI is InChI=1S/C15H22Br2N2O/c1-9-10(2)19(6-5-13(9)18-3)14-8-15(20-4)12(17)7-11(14)16/h7-10,13,18H,5-6H2,1-4H3. The van der Waals surface area contributed by atoms with Gasteiger partial charge < -0.3 is 15.0 Å². The summed E-state index contributed by atoms with van der Waals surface area (Å²) in [4.78, 5) is 2.47. The Morgan fingerprint density at radius 1 is 1.25 bits per heavy atom. The molecule has 0 aromatic heterocycles. The molecule has 0 spiro atoms. The molecule has 0 amide bonds. The smallest absolute Gasteiger partial charge is 0.135 e. The Hall–Kier alpha value is -0.260. The van der Waals surface area contributed by atoms with Gasteiger partial charge in [-0.2, -0.15) is 0 Å². The van der Waals surface area contributed by atoms with Gasteiger partial charge in [-0.05, 0) is 64.2 Å². The number of benzene rings is 1. The minimum atomic E-state index is 0.489. The molecule has 1 aliphatic heterocycles. The van der Waals surface area contributed by atoms with Crippen LogP contribution >= 0.6 is 31.9 Å². The molecule has 20 heavy (non-hydrogen) atoms. The molecule has 1 heterocycles. The maximum atomic E-state index is 5.43. The lowest BCUT2D eigenvalue weighted by Crippen LogP contribution is -2.52. The first-order valence-corrected chi connectivity index (χ1v) is 8.55. The molecule has 1 aliphatic rings. The Morgan fingerprint density at radius 3 is 2.55 bits per heavy atom. The van der Waals surface area contributed by atoms with E-state index in [1.807, 2.05) is 0 Å². The fourth-order valence-electron chi connectivity index (χ4n) is 3.01. The molecule has 0 radical (unpaired) electrons. The molecule has 112 valence electrons. The molecule has 5 heteroatoms. The van der Waals surface area contributed by atoms with Crippen molar-refractivity contribution in [1.82, 2.24) is 5.32 Å². The molecular weight excluding hydrogens is 384 g/mol. The van der Waals surface area contributed by atoms with E-state index >= 15 is 0 Å². The number of nitrogens with one attached hydrogen (secondary N) is 1. The summed E-state index contributed by atoms with van der Waals surface area (Å²) < 4.78 is 7.51. The van der Waals surface area contributed by atoms with E-state index in [9.17, 15) is 0 Å². The number of nitrogens with zero attached hydrogens (tertiary/aromatic N) is 1. The first-order valence-electron chi connectivity index (χ1n) is 6.96. The molecule has 1 fully saturated rings. The van der Waals surface area contributed by atoms with Crippen LogP contribution in [-0.2, 0) is 0 Å². The van der Waals surface area contributed by atoms with Gasteiger partial charge in [-0.15, -0.1) is 0 Å². The summed E-state index contributed by atoms with van der Waals surface area (Å²) >= 11 is 7.21. The summed E-state index contributed by atoms with van der Waals surface area (Å²) in [6.07, 6.45) is 1.16. The van der Waals surface area contributed by atoms with Gasteiger partial charge in [0.25, 0.3) is 0 Å². The maximum Gasteiger partial charge on any atom is 0.135 e. The predicted molar refractivity (Wildman–Crippen MR) is 91.8 cm³/mol. The zero-order valence-electron chi connectivity index (χ0n) is 12.4. The van der Waals surface area contributed by atoms with E-state index in [1.54, 1.807) is 7.11 Å². The highest BCUT2D eigenvalue weighted by molar-refractivity contribution is 9.11. The van der Waals surface area contributed by atoms with Crippen LogP contribution in [0.5, 0.6) is 5.75 Å². The minimum Gasteiger partial charge on any atom is -0.495 e. The van der Waals surface area contributed by atoms with Crippen molar-refractivity contribution in [3.05, 3.63) is 21.1 Å². The number of rotatable bonds is 3. The normalized spacial score (nSPS) is 26.7. The molecule has 1 aromatic carbocycles. The SMILES string of the molecule is CNC1CCN(c2cc(OC)c(Br)cc2Br)C(C)C1C. The Labute approximate surface area is 138 Å². The molecule has 3 atom stereocenters. The van der Waals surface area contributed by atoms with Crippen LogP contribution in [0.3, 0.4) is 0 Å².